The van der Waals surface area contributed by atoms with Crippen molar-refractivity contribution in [2.24, 2.45) is 11.8 Å². The molecule has 2 bridgehead atoms. The summed E-state index contributed by atoms with van der Waals surface area (Å²) in [5.41, 5.74) is 3.20. The Labute approximate surface area is 241 Å². The molecule has 8 rings (SSSR count). The van der Waals surface area contributed by atoms with Gasteiger partial charge in [0.2, 0.25) is 0 Å². The highest BCUT2D eigenvalue weighted by Crippen LogP contribution is 2.49. The summed E-state index contributed by atoms with van der Waals surface area (Å²) in [5.74, 6) is 1.78. The number of benzene rings is 4. The smallest absolute Gasteiger partial charge is 0.131 e. The van der Waals surface area contributed by atoms with Crippen molar-refractivity contribution < 1.29 is 14.3 Å². The van der Waals surface area contributed by atoms with Crippen LogP contribution in [0.25, 0.3) is 32.4 Å². The number of nitrogens with zero attached hydrogens (tertiary/aromatic N) is 2. The summed E-state index contributed by atoms with van der Waals surface area (Å²) in [7, 11) is 0. The molecule has 5 atom stereocenters. The molecular formula is C37H37N2O2+. The van der Waals surface area contributed by atoms with Crippen LogP contribution in [-0.4, -0.2) is 40.3 Å². The summed E-state index contributed by atoms with van der Waals surface area (Å²) in [5, 5.41) is 18.5. The Morgan fingerprint density at radius 2 is 1.71 bits per heavy atom. The molecule has 0 radical (unpaired) electrons. The number of hydrogen-bond donors (Lipinski definition) is 1. The van der Waals surface area contributed by atoms with Crippen LogP contribution in [0.2, 0.25) is 0 Å². The Kier molecular flexibility index (Phi) is 6.61. The number of fused-ring (bicyclic) bond motifs is 6. The molecule has 1 unspecified atom stereocenters. The van der Waals surface area contributed by atoms with Crippen molar-refractivity contribution in [1.82, 2.24) is 4.98 Å². The summed E-state index contributed by atoms with van der Waals surface area (Å²) < 4.78 is 6.72. The molecule has 3 aliphatic heterocycles. The zero-order valence-electron chi connectivity index (χ0n) is 23.5. The van der Waals surface area contributed by atoms with Crippen molar-refractivity contribution in [1.29, 1.82) is 0 Å². The molecule has 1 aromatic heterocycles. The van der Waals surface area contributed by atoms with Gasteiger partial charge in [-0.2, -0.15) is 0 Å². The Morgan fingerprint density at radius 1 is 0.951 bits per heavy atom. The van der Waals surface area contributed by atoms with Crippen molar-refractivity contribution >= 4 is 32.4 Å². The molecule has 1 N–H and O–H groups in total. The fraction of sp³-hybridized carbons (Fsp3) is 0.270. The molecule has 41 heavy (non-hydrogen) atoms. The van der Waals surface area contributed by atoms with E-state index in [9.17, 15) is 5.11 Å². The molecule has 3 saturated heterocycles. The van der Waals surface area contributed by atoms with Gasteiger partial charge in [0.25, 0.3) is 0 Å². The van der Waals surface area contributed by atoms with Gasteiger partial charge < -0.3 is 14.3 Å². The van der Waals surface area contributed by atoms with Crippen LogP contribution >= 0.6 is 0 Å². The van der Waals surface area contributed by atoms with Gasteiger partial charge in [-0.05, 0) is 63.4 Å². The minimum atomic E-state index is -0.620. The van der Waals surface area contributed by atoms with Crippen LogP contribution in [0.15, 0.2) is 110 Å². The highest BCUT2D eigenvalue weighted by Gasteiger charge is 2.54. The first-order valence-corrected chi connectivity index (χ1v) is 14.8. The molecule has 4 nitrogen and oxygen atoms in total. The lowest BCUT2D eigenvalue weighted by Gasteiger charge is -2.58. The third-order valence-electron chi connectivity index (χ3n) is 9.83. The number of hydrogen-bond acceptors (Lipinski definition) is 3. The SMILES string of the molecule is C=CCOc1ccc2nccc([C@H](O)[C@H]3C[C@H]4CC[N+]3(Cc3c5ccccc5cc5ccccc35)C[C@@H]4C=C)c2c1. The lowest BCUT2D eigenvalue weighted by molar-refractivity contribution is -0.984. The zero-order valence-corrected chi connectivity index (χ0v) is 23.5. The first-order valence-electron chi connectivity index (χ1n) is 14.8. The maximum atomic E-state index is 12.3. The van der Waals surface area contributed by atoms with Gasteiger partial charge in [-0.25, -0.2) is 0 Å². The van der Waals surface area contributed by atoms with E-state index in [4.69, 9.17) is 4.74 Å². The quantitative estimate of drug-likeness (QED) is 0.124. The third kappa shape index (κ3) is 4.43. The van der Waals surface area contributed by atoms with E-state index in [0.717, 1.165) is 52.8 Å². The molecule has 4 heteroatoms. The van der Waals surface area contributed by atoms with Crippen molar-refractivity contribution in [2.75, 3.05) is 19.7 Å². The molecule has 3 aliphatic rings. The van der Waals surface area contributed by atoms with Crippen LogP contribution in [0.3, 0.4) is 0 Å². The summed E-state index contributed by atoms with van der Waals surface area (Å²) >= 11 is 0. The topological polar surface area (TPSA) is 42.4 Å². The number of aliphatic hydroxyl groups excluding tert-OH is 1. The van der Waals surface area contributed by atoms with E-state index >= 15 is 0 Å². The molecule has 0 aliphatic carbocycles. The maximum Gasteiger partial charge on any atom is 0.131 e. The number of piperidine rings is 3. The monoisotopic (exact) mass is 541 g/mol. The molecule has 5 aromatic rings. The van der Waals surface area contributed by atoms with Crippen LogP contribution in [0.4, 0.5) is 0 Å². The van der Waals surface area contributed by atoms with Crippen LogP contribution < -0.4 is 4.74 Å². The van der Waals surface area contributed by atoms with Crippen molar-refractivity contribution in [3.05, 3.63) is 121 Å². The van der Waals surface area contributed by atoms with Gasteiger partial charge in [0, 0.05) is 35.9 Å². The second-order valence-corrected chi connectivity index (χ2v) is 12.0. The molecule has 206 valence electrons. The van der Waals surface area contributed by atoms with Crippen LogP contribution in [0, 0.1) is 11.8 Å². The summed E-state index contributed by atoms with van der Waals surface area (Å²) in [6.07, 6.45) is 7.28. The highest BCUT2D eigenvalue weighted by molar-refractivity contribution is 6.02. The standard InChI is InChI=1S/C37H37N2O2/c1-3-19-41-29-13-14-35-33(22-29)32(15-17-38-35)37(40)36-21-26-16-18-39(36,23-25(26)4-2)24-34-30-11-7-5-9-27(30)20-28-10-6-8-12-31(28)34/h3-15,17,20,22,25-26,36-37,40H,1-2,16,18-19,21,23-24H2/q+1/t25-,26+,36+,37-,39?/m0/s1. The van der Waals surface area contributed by atoms with Crippen LogP contribution in [0.1, 0.15) is 30.1 Å². The van der Waals surface area contributed by atoms with Crippen molar-refractivity contribution in [3.8, 4) is 5.75 Å². The Balaban J connectivity index is 1.36. The average Bonchev–Trinajstić information content (AvgIpc) is 3.03. The van der Waals surface area contributed by atoms with Gasteiger partial charge >= 0.3 is 0 Å². The minimum Gasteiger partial charge on any atom is -0.490 e. The van der Waals surface area contributed by atoms with Crippen molar-refractivity contribution in [2.45, 2.75) is 31.5 Å². The first kappa shape index (κ1) is 25.9. The van der Waals surface area contributed by atoms with E-state index in [1.165, 1.54) is 33.5 Å². The van der Waals surface area contributed by atoms with Gasteiger partial charge in [0.15, 0.2) is 0 Å². The number of ether oxygens (including phenoxy) is 1. The normalized spacial score (nSPS) is 24.5. The zero-order chi connectivity index (χ0) is 28.0. The second kappa shape index (κ2) is 10.4. The largest absolute Gasteiger partial charge is 0.490 e. The van der Waals surface area contributed by atoms with E-state index < -0.39 is 6.10 Å². The predicted octanol–water partition coefficient (Wildman–Crippen LogP) is 7.75. The highest BCUT2D eigenvalue weighted by atomic mass is 16.5. The Morgan fingerprint density at radius 3 is 2.44 bits per heavy atom. The average molecular weight is 542 g/mol. The summed E-state index contributed by atoms with van der Waals surface area (Å²) in [4.78, 5) is 4.61. The van der Waals surface area contributed by atoms with E-state index in [-0.39, 0.29) is 6.04 Å². The lowest BCUT2D eigenvalue weighted by Crippen LogP contribution is -2.67. The fourth-order valence-electron chi connectivity index (χ4n) is 7.83. The van der Waals surface area contributed by atoms with Gasteiger partial charge in [0.1, 0.15) is 31.0 Å². The molecule has 0 amide bonds. The maximum absolute atomic E-state index is 12.3. The van der Waals surface area contributed by atoms with Crippen molar-refractivity contribution in [3.63, 3.8) is 0 Å². The number of quaternary nitrogens is 1. The molecule has 4 heterocycles. The number of aromatic nitrogens is 1. The Bertz CT molecular complexity index is 1720. The van der Waals surface area contributed by atoms with Crippen LogP contribution in [-0.2, 0) is 6.54 Å². The van der Waals surface area contributed by atoms with E-state index in [2.05, 4.69) is 78.8 Å². The molecule has 3 fully saturated rings. The Hall–Kier alpha value is -3.99. The summed E-state index contributed by atoms with van der Waals surface area (Å²) in [6.45, 7) is 11.4. The van der Waals surface area contributed by atoms with Gasteiger partial charge in [0.05, 0.1) is 18.6 Å². The second-order valence-electron chi connectivity index (χ2n) is 12.0. The molecule has 4 aromatic carbocycles. The van der Waals surface area contributed by atoms with E-state index in [0.29, 0.717) is 18.4 Å². The van der Waals surface area contributed by atoms with Crippen LogP contribution in [0.5, 0.6) is 5.75 Å². The molecular weight excluding hydrogens is 504 g/mol. The number of pyridine rings is 1. The predicted molar refractivity (Wildman–Crippen MR) is 168 cm³/mol. The van der Waals surface area contributed by atoms with E-state index in [1.807, 2.05) is 30.5 Å². The molecule has 0 saturated carbocycles. The van der Waals surface area contributed by atoms with Gasteiger partial charge in [-0.1, -0.05) is 67.3 Å². The number of rotatable bonds is 8. The minimum absolute atomic E-state index is 0.0750. The third-order valence-corrected chi connectivity index (χ3v) is 9.83. The summed E-state index contributed by atoms with van der Waals surface area (Å²) in [6, 6.07) is 27.9. The molecule has 0 spiro atoms. The number of aliphatic hydroxyl groups is 1. The van der Waals surface area contributed by atoms with E-state index in [1.54, 1.807) is 6.08 Å². The first-order chi connectivity index (χ1) is 20.1. The van der Waals surface area contributed by atoms with Gasteiger partial charge in [-0.15, -0.1) is 6.58 Å². The lowest BCUT2D eigenvalue weighted by atomic mass is 9.71. The fourth-order valence-corrected chi connectivity index (χ4v) is 7.83. The van der Waals surface area contributed by atoms with Gasteiger partial charge in [-0.3, -0.25) is 4.98 Å².